The molecule has 0 aliphatic carbocycles. The van der Waals surface area contributed by atoms with Gasteiger partial charge in [0.05, 0.1) is 19.0 Å². The molecule has 0 spiro atoms. The monoisotopic (exact) mass is 294 g/mol. The standard InChI is InChI=1S/C8H14N4.HI/c9-4-3-5-11-8(10)12-6-1-2-7-12;/h1-3,5-7H2,(H2,10,11);1H. The van der Waals surface area contributed by atoms with Gasteiger partial charge in [0.15, 0.2) is 5.96 Å². The fourth-order valence-electron chi connectivity index (χ4n) is 1.27. The Kier molecular flexibility index (Phi) is 6.68. The van der Waals surface area contributed by atoms with Crippen molar-refractivity contribution in [3.05, 3.63) is 0 Å². The molecule has 0 aromatic carbocycles. The molecular weight excluding hydrogens is 279 g/mol. The fourth-order valence-corrected chi connectivity index (χ4v) is 1.27. The van der Waals surface area contributed by atoms with Crippen LogP contribution in [0.25, 0.3) is 0 Å². The quantitative estimate of drug-likeness (QED) is 0.356. The molecule has 0 amide bonds. The van der Waals surface area contributed by atoms with Crippen molar-refractivity contribution in [3.63, 3.8) is 0 Å². The van der Waals surface area contributed by atoms with Crippen molar-refractivity contribution in [1.82, 2.24) is 4.90 Å². The molecule has 2 N–H and O–H groups in total. The predicted octanol–water partition coefficient (Wildman–Crippen LogP) is 0.929. The summed E-state index contributed by atoms with van der Waals surface area (Å²) < 4.78 is 0. The van der Waals surface area contributed by atoms with Crippen molar-refractivity contribution in [2.75, 3.05) is 19.6 Å². The number of likely N-dealkylation sites (tertiary alicyclic amines) is 1. The fraction of sp³-hybridized carbons (Fsp3) is 0.750. The third-order valence-electron chi connectivity index (χ3n) is 1.93. The van der Waals surface area contributed by atoms with Crippen LogP contribution in [-0.4, -0.2) is 30.5 Å². The number of nitrogens with zero attached hydrogens (tertiary/aromatic N) is 3. The van der Waals surface area contributed by atoms with E-state index in [0.717, 1.165) is 13.1 Å². The van der Waals surface area contributed by atoms with E-state index in [-0.39, 0.29) is 24.0 Å². The molecule has 1 fully saturated rings. The van der Waals surface area contributed by atoms with Gasteiger partial charge in [0, 0.05) is 13.1 Å². The molecule has 1 saturated heterocycles. The van der Waals surface area contributed by atoms with Gasteiger partial charge in [-0.3, -0.25) is 4.99 Å². The Morgan fingerprint density at radius 3 is 2.62 bits per heavy atom. The molecule has 1 rings (SSSR count). The molecule has 0 bridgehead atoms. The number of hydrogen-bond acceptors (Lipinski definition) is 2. The van der Waals surface area contributed by atoms with E-state index in [4.69, 9.17) is 11.0 Å². The molecule has 5 heteroatoms. The summed E-state index contributed by atoms with van der Waals surface area (Å²) in [5.74, 6) is 0.600. The molecule has 0 atom stereocenters. The van der Waals surface area contributed by atoms with Crippen LogP contribution >= 0.6 is 24.0 Å². The lowest BCUT2D eigenvalue weighted by Crippen LogP contribution is -2.34. The third-order valence-corrected chi connectivity index (χ3v) is 1.93. The number of guanidine groups is 1. The molecule has 0 aromatic rings. The summed E-state index contributed by atoms with van der Waals surface area (Å²) in [6, 6.07) is 2.03. The highest BCUT2D eigenvalue weighted by Gasteiger charge is 2.12. The van der Waals surface area contributed by atoms with Crippen molar-refractivity contribution >= 4 is 29.9 Å². The maximum atomic E-state index is 8.27. The Labute approximate surface area is 95.8 Å². The van der Waals surface area contributed by atoms with Gasteiger partial charge in [-0.25, -0.2) is 0 Å². The average Bonchev–Trinajstić information content (AvgIpc) is 2.56. The predicted molar refractivity (Wildman–Crippen MR) is 62.9 cm³/mol. The van der Waals surface area contributed by atoms with Gasteiger partial charge in [-0.15, -0.1) is 24.0 Å². The zero-order valence-electron chi connectivity index (χ0n) is 7.57. The lowest BCUT2D eigenvalue weighted by Gasteiger charge is -2.15. The van der Waals surface area contributed by atoms with Gasteiger partial charge in [0.2, 0.25) is 0 Å². The second-order valence-electron chi connectivity index (χ2n) is 2.84. The van der Waals surface area contributed by atoms with Crippen LogP contribution in [0.1, 0.15) is 19.3 Å². The normalized spacial score (nSPS) is 16.5. The molecular formula is C8H15IN4. The summed E-state index contributed by atoms with van der Waals surface area (Å²) in [7, 11) is 0. The van der Waals surface area contributed by atoms with E-state index in [9.17, 15) is 0 Å². The van der Waals surface area contributed by atoms with E-state index in [2.05, 4.69) is 9.89 Å². The lowest BCUT2D eigenvalue weighted by molar-refractivity contribution is 0.510. The zero-order valence-corrected chi connectivity index (χ0v) is 9.90. The second-order valence-corrected chi connectivity index (χ2v) is 2.84. The second kappa shape index (κ2) is 6.95. The van der Waals surface area contributed by atoms with Crippen molar-refractivity contribution in [2.45, 2.75) is 19.3 Å². The SMILES string of the molecule is I.N#CCCN=C(N)N1CCCC1. The first-order valence-corrected chi connectivity index (χ1v) is 4.26. The van der Waals surface area contributed by atoms with E-state index < -0.39 is 0 Å². The minimum Gasteiger partial charge on any atom is -0.370 e. The Morgan fingerprint density at radius 2 is 2.08 bits per heavy atom. The van der Waals surface area contributed by atoms with Crippen LogP contribution in [0, 0.1) is 11.3 Å². The Hall–Kier alpha value is -0.510. The molecule has 13 heavy (non-hydrogen) atoms. The van der Waals surface area contributed by atoms with Gasteiger partial charge in [-0.1, -0.05) is 0 Å². The number of nitrogens with two attached hydrogens (primary N) is 1. The van der Waals surface area contributed by atoms with Gasteiger partial charge in [0.1, 0.15) is 0 Å². The molecule has 0 unspecified atom stereocenters. The minimum absolute atomic E-state index is 0. The smallest absolute Gasteiger partial charge is 0.191 e. The van der Waals surface area contributed by atoms with Gasteiger partial charge in [0.25, 0.3) is 0 Å². The number of hydrogen-bond donors (Lipinski definition) is 1. The molecule has 74 valence electrons. The van der Waals surface area contributed by atoms with Crippen LogP contribution in [0.15, 0.2) is 4.99 Å². The van der Waals surface area contributed by atoms with Crippen molar-refractivity contribution in [2.24, 2.45) is 10.7 Å². The summed E-state index contributed by atoms with van der Waals surface area (Å²) in [4.78, 5) is 6.16. The van der Waals surface area contributed by atoms with Crippen molar-refractivity contribution < 1.29 is 0 Å². The Bertz CT molecular complexity index is 203. The highest BCUT2D eigenvalue weighted by molar-refractivity contribution is 14.0. The van der Waals surface area contributed by atoms with E-state index in [0.29, 0.717) is 18.9 Å². The zero-order chi connectivity index (χ0) is 8.81. The van der Waals surface area contributed by atoms with Gasteiger partial charge < -0.3 is 10.6 Å². The number of rotatable bonds is 2. The van der Waals surface area contributed by atoms with E-state index in [1.165, 1.54) is 12.8 Å². The Balaban J connectivity index is 0.00000144. The topological polar surface area (TPSA) is 65.4 Å². The van der Waals surface area contributed by atoms with Gasteiger partial charge in [-0.05, 0) is 12.8 Å². The maximum absolute atomic E-state index is 8.27. The maximum Gasteiger partial charge on any atom is 0.191 e. The molecule has 4 nitrogen and oxygen atoms in total. The van der Waals surface area contributed by atoms with Crippen LogP contribution in [-0.2, 0) is 0 Å². The van der Waals surface area contributed by atoms with Gasteiger partial charge >= 0.3 is 0 Å². The average molecular weight is 294 g/mol. The van der Waals surface area contributed by atoms with E-state index in [1.807, 2.05) is 6.07 Å². The first-order valence-electron chi connectivity index (χ1n) is 4.26. The lowest BCUT2D eigenvalue weighted by atomic mass is 10.4. The third kappa shape index (κ3) is 4.31. The van der Waals surface area contributed by atoms with E-state index in [1.54, 1.807) is 0 Å². The van der Waals surface area contributed by atoms with E-state index >= 15 is 0 Å². The highest BCUT2D eigenvalue weighted by Crippen LogP contribution is 2.06. The molecule has 0 aromatic heterocycles. The van der Waals surface area contributed by atoms with Gasteiger partial charge in [-0.2, -0.15) is 5.26 Å². The van der Waals surface area contributed by atoms with Crippen LogP contribution < -0.4 is 5.73 Å². The van der Waals surface area contributed by atoms with Crippen molar-refractivity contribution in [3.8, 4) is 6.07 Å². The Morgan fingerprint density at radius 1 is 1.46 bits per heavy atom. The highest BCUT2D eigenvalue weighted by atomic mass is 127. The summed E-state index contributed by atoms with van der Waals surface area (Å²) in [6.45, 7) is 2.56. The summed E-state index contributed by atoms with van der Waals surface area (Å²) >= 11 is 0. The summed E-state index contributed by atoms with van der Waals surface area (Å²) in [5.41, 5.74) is 5.69. The number of nitriles is 1. The molecule has 1 aliphatic heterocycles. The molecule has 1 heterocycles. The number of aliphatic imine (C=N–C) groups is 1. The number of halogens is 1. The van der Waals surface area contributed by atoms with Crippen molar-refractivity contribution in [1.29, 1.82) is 5.26 Å². The first-order chi connectivity index (χ1) is 5.84. The first kappa shape index (κ1) is 12.5. The van der Waals surface area contributed by atoms with Crippen LogP contribution in [0.3, 0.4) is 0 Å². The molecule has 1 aliphatic rings. The summed E-state index contributed by atoms with van der Waals surface area (Å²) in [5, 5.41) is 8.27. The largest absolute Gasteiger partial charge is 0.370 e. The minimum atomic E-state index is 0. The molecule has 0 saturated carbocycles. The molecule has 0 radical (unpaired) electrons. The summed E-state index contributed by atoms with van der Waals surface area (Å²) in [6.07, 6.45) is 2.86. The van der Waals surface area contributed by atoms with Crippen LogP contribution in [0.2, 0.25) is 0 Å². The van der Waals surface area contributed by atoms with Crippen LogP contribution in [0.5, 0.6) is 0 Å². The van der Waals surface area contributed by atoms with Crippen LogP contribution in [0.4, 0.5) is 0 Å².